The first kappa shape index (κ1) is 57.6. The molecule has 2 unspecified atom stereocenters. The number of unbranched alkanes of at least 4 members (excludes halogenated alkanes) is 20. The highest BCUT2D eigenvalue weighted by molar-refractivity contribution is 7.85. The predicted octanol–water partition coefficient (Wildman–Crippen LogP) is 10.3. The van der Waals surface area contributed by atoms with Gasteiger partial charge in [0.2, 0.25) is 0 Å². The fraction of sp³-hybridized carbons (Fsp3) is 0.796. The summed E-state index contributed by atoms with van der Waals surface area (Å²) < 4.78 is 54.1. The molecule has 0 radical (unpaired) electrons. The molecule has 0 aromatic heterocycles. The monoisotopic (exact) mass is 899 g/mol. The van der Waals surface area contributed by atoms with Crippen LogP contribution in [0, 0.1) is 0 Å². The van der Waals surface area contributed by atoms with Crippen LogP contribution in [0.15, 0.2) is 48.6 Å². The van der Waals surface area contributed by atoms with Crippen molar-refractivity contribution < 1.29 is 56.8 Å². The molecule has 1 aliphatic heterocycles. The van der Waals surface area contributed by atoms with Crippen LogP contribution >= 0.6 is 0 Å². The molecule has 360 valence electrons. The number of rotatable bonds is 40. The Bertz CT molecular complexity index is 1330. The zero-order valence-corrected chi connectivity index (χ0v) is 39.3. The Balaban J connectivity index is 2.44. The summed E-state index contributed by atoms with van der Waals surface area (Å²) in [7, 11) is -4.61. The van der Waals surface area contributed by atoms with Crippen molar-refractivity contribution in [3.8, 4) is 0 Å². The number of hydrogen-bond donors (Lipinski definition) is 4. The summed E-state index contributed by atoms with van der Waals surface area (Å²) in [5.41, 5.74) is 0. The zero-order valence-electron chi connectivity index (χ0n) is 38.5. The highest BCUT2D eigenvalue weighted by atomic mass is 32.2. The van der Waals surface area contributed by atoms with E-state index < -0.39 is 71.2 Å². The van der Waals surface area contributed by atoms with Crippen LogP contribution in [0.25, 0.3) is 0 Å². The largest absolute Gasteiger partial charge is 0.462 e. The average molecular weight is 899 g/mol. The van der Waals surface area contributed by atoms with Crippen molar-refractivity contribution in [2.45, 2.75) is 230 Å². The van der Waals surface area contributed by atoms with Gasteiger partial charge in [-0.15, -0.1) is 0 Å². The molecule has 62 heavy (non-hydrogen) atoms. The van der Waals surface area contributed by atoms with Crippen LogP contribution in [0.4, 0.5) is 0 Å². The van der Waals surface area contributed by atoms with Crippen molar-refractivity contribution in [2.24, 2.45) is 0 Å². The van der Waals surface area contributed by atoms with Crippen molar-refractivity contribution in [1.82, 2.24) is 0 Å². The zero-order chi connectivity index (χ0) is 45.5. The molecule has 0 aromatic carbocycles. The molecule has 12 nitrogen and oxygen atoms in total. The summed E-state index contributed by atoms with van der Waals surface area (Å²) in [6.07, 6.45) is 37.2. The van der Waals surface area contributed by atoms with Crippen LogP contribution in [-0.4, -0.2) is 96.0 Å². The van der Waals surface area contributed by atoms with Crippen molar-refractivity contribution >= 4 is 22.1 Å². The van der Waals surface area contributed by atoms with Crippen molar-refractivity contribution in [2.75, 3.05) is 19.0 Å². The summed E-state index contributed by atoms with van der Waals surface area (Å²) in [5, 5.41) is 30.9. The minimum absolute atomic E-state index is 0.137. The summed E-state index contributed by atoms with van der Waals surface area (Å²) >= 11 is 0. The normalized spacial score (nSPS) is 20.3. The smallest absolute Gasteiger partial charge is 0.306 e. The van der Waals surface area contributed by atoms with Gasteiger partial charge in [0.25, 0.3) is 10.1 Å². The lowest BCUT2D eigenvalue weighted by Crippen LogP contribution is -2.60. The van der Waals surface area contributed by atoms with Gasteiger partial charge in [-0.25, -0.2) is 0 Å². The van der Waals surface area contributed by atoms with Gasteiger partial charge in [0.05, 0.1) is 6.61 Å². The molecule has 0 aromatic rings. The molecule has 1 aliphatic rings. The van der Waals surface area contributed by atoms with Crippen molar-refractivity contribution in [3.05, 3.63) is 48.6 Å². The van der Waals surface area contributed by atoms with E-state index in [1.54, 1.807) is 0 Å². The molecular weight excluding hydrogens is 813 g/mol. The average Bonchev–Trinajstić information content (AvgIpc) is 3.24. The van der Waals surface area contributed by atoms with E-state index in [1.807, 2.05) is 0 Å². The Hall–Kier alpha value is -2.39. The number of aliphatic hydroxyl groups excluding tert-OH is 3. The molecule has 0 amide bonds. The number of carbonyl (C=O) groups excluding carboxylic acids is 2. The van der Waals surface area contributed by atoms with Crippen LogP contribution < -0.4 is 0 Å². The van der Waals surface area contributed by atoms with Gasteiger partial charge in [-0.1, -0.05) is 152 Å². The number of ether oxygens (including phenoxy) is 4. The number of hydrogen-bond acceptors (Lipinski definition) is 11. The molecule has 0 bridgehead atoms. The summed E-state index contributed by atoms with van der Waals surface area (Å²) in [5.74, 6) is -2.02. The second kappa shape index (κ2) is 39.0. The van der Waals surface area contributed by atoms with Crippen LogP contribution in [0.5, 0.6) is 0 Å². The lowest BCUT2D eigenvalue weighted by molar-refractivity contribution is -0.297. The van der Waals surface area contributed by atoms with Gasteiger partial charge in [0.15, 0.2) is 12.4 Å². The van der Waals surface area contributed by atoms with E-state index in [1.165, 1.54) is 83.5 Å². The molecular formula is C49H86O12S. The Labute approximate surface area is 375 Å². The number of allylic oxidation sites excluding steroid dienone is 8. The second-order valence-electron chi connectivity index (χ2n) is 16.8. The Morgan fingerprint density at radius 2 is 0.968 bits per heavy atom. The van der Waals surface area contributed by atoms with Gasteiger partial charge in [-0.2, -0.15) is 8.42 Å². The maximum atomic E-state index is 12.8. The third kappa shape index (κ3) is 33.2. The first-order valence-electron chi connectivity index (χ1n) is 24.2. The van der Waals surface area contributed by atoms with Gasteiger partial charge in [0.1, 0.15) is 36.8 Å². The molecule has 4 N–H and O–H groups in total. The molecule has 0 spiro atoms. The standard InChI is InChI=1S/C49H86O12S/c1-3-5-7-9-11-13-15-17-19-21-23-25-27-29-31-33-35-37-44(50)58-39-42(40-59-49-48(54)47(53)46(52)43(61-49)41-62(55,56)57)60-45(51)38-36-34-32-30-28-26-24-22-20-18-16-14-12-10-8-6-4-2/h12,14,17-20,24,26,42-43,46-49,52-54H,3-11,13,15-16,21-23,25,27-41H2,1-2H3,(H,55,56,57)/b14-12+,19-17+,20-18+,26-24+/t42-,43-,46-,47?,48?,49+/m1/s1. The maximum Gasteiger partial charge on any atom is 0.306 e. The summed E-state index contributed by atoms with van der Waals surface area (Å²) in [6.45, 7) is 3.71. The Kier molecular flexibility index (Phi) is 36.3. The molecule has 1 fully saturated rings. The lowest BCUT2D eigenvalue weighted by Gasteiger charge is -2.40. The lowest BCUT2D eigenvalue weighted by atomic mass is 10.00. The molecule has 1 saturated heterocycles. The van der Waals surface area contributed by atoms with Gasteiger partial charge in [-0.3, -0.25) is 14.1 Å². The first-order chi connectivity index (χ1) is 30.0. The molecule has 1 rings (SSSR count). The van der Waals surface area contributed by atoms with E-state index in [9.17, 15) is 37.9 Å². The fourth-order valence-corrected chi connectivity index (χ4v) is 7.78. The van der Waals surface area contributed by atoms with E-state index in [0.717, 1.165) is 70.6 Å². The maximum absolute atomic E-state index is 12.8. The summed E-state index contributed by atoms with van der Waals surface area (Å²) in [4.78, 5) is 25.5. The van der Waals surface area contributed by atoms with E-state index in [4.69, 9.17) is 18.9 Å². The Morgan fingerprint density at radius 3 is 1.48 bits per heavy atom. The van der Waals surface area contributed by atoms with Gasteiger partial charge >= 0.3 is 11.9 Å². The molecule has 13 heteroatoms. The molecule has 6 atom stereocenters. The minimum atomic E-state index is -4.61. The van der Waals surface area contributed by atoms with E-state index >= 15 is 0 Å². The predicted molar refractivity (Wildman–Crippen MR) is 247 cm³/mol. The van der Waals surface area contributed by atoms with Crippen LogP contribution in [0.1, 0.15) is 194 Å². The van der Waals surface area contributed by atoms with E-state index in [2.05, 4.69) is 62.5 Å². The quantitative estimate of drug-likeness (QED) is 0.0198. The van der Waals surface area contributed by atoms with Crippen LogP contribution in [0.2, 0.25) is 0 Å². The highest BCUT2D eigenvalue weighted by Gasteiger charge is 2.46. The number of aliphatic hydroxyl groups is 3. The number of esters is 2. The summed E-state index contributed by atoms with van der Waals surface area (Å²) in [6, 6.07) is 0. The minimum Gasteiger partial charge on any atom is -0.462 e. The van der Waals surface area contributed by atoms with E-state index in [0.29, 0.717) is 12.8 Å². The molecule has 0 aliphatic carbocycles. The van der Waals surface area contributed by atoms with Gasteiger partial charge in [-0.05, 0) is 77.0 Å². The van der Waals surface area contributed by atoms with Crippen molar-refractivity contribution in [3.63, 3.8) is 0 Å². The number of carbonyl (C=O) groups is 2. The van der Waals surface area contributed by atoms with Gasteiger partial charge < -0.3 is 34.3 Å². The second-order valence-corrected chi connectivity index (χ2v) is 18.3. The van der Waals surface area contributed by atoms with E-state index in [-0.39, 0.29) is 19.4 Å². The van der Waals surface area contributed by atoms with Crippen LogP contribution in [-0.2, 0) is 38.7 Å². The topological polar surface area (TPSA) is 186 Å². The fourth-order valence-electron chi connectivity index (χ4n) is 7.09. The highest BCUT2D eigenvalue weighted by Crippen LogP contribution is 2.24. The SMILES string of the molecule is CCCCC/C=C/C/C=C/C/C=C/CCCCCCC(=O)O[C@H](COC(=O)CCCCCCCCC/C=C/CCCCCCCC)CO[C@H]1O[C@H](CS(=O)(=O)O)[C@@H](O)C(O)C1O. The molecule has 0 saturated carbocycles. The van der Waals surface area contributed by atoms with Crippen molar-refractivity contribution in [1.29, 1.82) is 0 Å². The van der Waals surface area contributed by atoms with Gasteiger partial charge in [0, 0.05) is 12.8 Å². The van der Waals surface area contributed by atoms with Crippen LogP contribution in [0.3, 0.4) is 0 Å². The molecule has 1 heterocycles. The Morgan fingerprint density at radius 1 is 0.548 bits per heavy atom. The third-order valence-electron chi connectivity index (χ3n) is 10.9. The third-order valence-corrected chi connectivity index (χ3v) is 11.6. The first-order valence-corrected chi connectivity index (χ1v) is 25.8.